The van der Waals surface area contributed by atoms with E-state index in [1.54, 1.807) is 0 Å². The van der Waals surface area contributed by atoms with Crippen LogP contribution in [0, 0.1) is 0 Å². The van der Waals surface area contributed by atoms with Gasteiger partial charge in [0.2, 0.25) is 0 Å². The Bertz CT molecular complexity index is 708. The number of hydrogen-bond acceptors (Lipinski definition) is 5. The van der Waals surface area contributed by atoms with Gasteiger partial charge in [-0.05, 0) is 31.0 Å². The van der Waals surface area contributed by atoms with Crippen molar-refractivity contribution in [2.75, 3.05) is 31.2 Å². The Labute approximate surface area is 147 Å². The molecule has 2 aromatic rings. The van der Waals surface area contributed by atoms with Crippen molar-refractivity contribution < 1.29 is 20.1 Å². The molecule has 0 aliphatic rings. The van der Waals surface area contributed by atoms with Gasteiger partial charge in [0, 0.05) is 38.2 Å². The van der Waals surface area contributed by atoms with E-state index < -0.39 is 5.97 Å². The third-order valence-electron chi connectivity index (χ3n) is 4.57. The summed E-state index contributed by atoms with van der Waals surface area (Å²) >= 11 is 0. The molecular formula is C18H27N3O4. The van der Waals surface area contributed by atoms with Gasteiger partial charge in [0.25, 0.3) is 0 Å². The molecule has 0 spiro atoms. The maximum absolute atomic E-state index is 10.9. The van der Waals surface area contributed by atoms with Crippen LogP contribution >= 0.6 is 0 Å². The number of aliphatic hydroxyl groups is 2. The molecule has 0 fully saturated rings. The summed E-state index contributed by atoms with van der Waals surface area (Å²) in [6.07, 6.45) is 1.53. The number of nitrogens with zero attached hydrogens (tertiary/aromatic N) is 3. The Hall–Kier alpha value is -2.12. The smallest absolute Gasteiger partial charge is 0.303 e. The molecule has 0 amide bonds. The number of aryl methyl sites for hydroxylation is 1. The zero-order valence-electron chi connectivity index (χ0n) is 14.9. The molecule has 0 aliphatic carbocycles. The van der Waals surface area contributed by atoms with E-state index in [1.165, 1.54) is 0 Å². The Morgan fingerprint density at radius 3 is 2.52 bits per heavy atom. The van der Waals surface area contributed by atoms with Crippen LogP contribution < -0.4 is 4.90 Å². The number of aliphatic hydroxyl groups excluding tert-OH is 2. The molecule has 3 N–H and O–H groups in total. The molecule has 1 aromatic carbocycles. The quantitative estimate of drug-likeness (QED) is 0.604. The molecule has 7 heteroatoms. The summed E-state index contributed by atoms with van der Waals surface area (Å²) in [4.78, 5) is 17.5. The van der Waals surface area contributed by atoms with Crippen molar-refractivity contribution >= 4 is 22.7 Å². The van der Waals surface area contributed by atoms with Crippen LogP contribution in [0.3, 0.4) is 0 Å². The van der Waals surface area contributed by atoms with Gasteiger partial charge in [-0.1, -0.05) is 6.92 Å². The van der Waals surface area contributed by atoms with E-state index in [4.69, 9.17) is 10.1 Å². The molecule has 7 nitrogen and oxygen atoms in total. The standard InChI is InChI=1S/C18H27N3O4/c1-3-13(4-7-17(24)25)18-19-15-12-14(5-6-16(15)20(18)2)21(8-10-22)9-11-23/h5-6,12-13,22-23H,3-4,7-11H2,1-2H3,(H,24,25). The van der Waals surface area contributed by atoms with Gasteiger partial charge in [0.1, 0.15) is 5.82 Å². The molecule has 138 valence electrons. The van der Waals surface area contributed by atoms with Crippen LogP contribution in [0.25, 0.3) is 11.0 Å². The van der Waals surface area contributed by atoms with Crippen LogP contribution in [-0.2, 0) is 11.8 Å². The number of aliphatic carboxylic acids is 1. The average molecular weight is 349 g/mol. The van der Waals surface area contributed by atoms with Gasteiger partial charge in [-0.15, -0.1) is 0 Å². The third-order valence-corrected chi connectivity index (χ3v) is 4.57. The lowest BCUT2D eigenvalue weighted by molar-refractivity contribution is -0.137. The zero-order chi connectivity index (χ0) is 18.4. The Balaban J connectivity index is 2.35. The van der Waals surface area contributed by atoms with Crippen LogP contribution in [0.2, 0.25) is 0 Å². The van der Waals surface area contributed by atoms with Crippen molar-refractivity contribution in [3.8, 4) is 0 Å². The van der Waals surface area contributed by atoms with Crippen molar-refractivity contribution in [3.05, 3.63) is 24.0 Å². The molecule has 1 aromatic heterocycles. The third kappa shape index (κ3) is 4.49. The van der Waals surface area contributed by atoms with E-state index in [0.717, 1.165) is 29.0 Å². The number of aromatic nitrogens is 2. The molecule has 1 unspecified atom stereocenters. The van der Waals surface area contributed by atoms with Crippen LogP contribution in [0.4, 0.5) is 5.69 Å². The minimum Gasteiger partial charge on any atom is -0.481 e. The first kappa shape index (κ1) is 19.2. The second-order valence-electron chi connectivity index (χ2n) is 6.17. The van der Waals surface area contributed by atoms with Gasteiger partial charge in [-0.2, -0.15) is 0 Å². The van der Waals surface area contributed by atoms with E-state index in [-0.39, 0.29) is 25.6 Å². The second kappa shape index (κ2) is 8.82. The largest absolute Gasteiger partial charge is 0.481 e. The van der Waals surface area contributed by atoms with Crippen molar-refractivity contribution in [2.24, 2.45) is 7.05 Å². The monoisotopic (exact) mass is 349 g/mol. The summed E-state index contributed by atoms with van der Waals surface area (Å²) in [5, 5.41) is 27.3. The van der Waals surface area contributed by atoms with Crippen LogP contribution in [-0.4, -0.2) is 57.1 Å². The first-order chi connectivity index (χ1) is 12.0. The number of benzene rings is 1. The summed E-state index contributed by atoms with van der Waals surface area (Å²) in [6, 6.07) is 5.89. The van der Waals surface area contributed by atoms with Crippen molar-refractivity contribution in [2.45, 2.75) is 32.1 Å². The van der Waals surface area contributed by atoms with Gasteiger partial charge in [0.05, 0.1) is 24.2 Å². The average Bonchev–Trinajstić information content (AvgIpc) is 2.91. The highest BCUT2D eigenvalue weighted by molar-refractivity contribution is 5.80. The Morgan fingerprint density at radius 2 is 1.96 bits per heavy atom. The van der Waals surface area contributed by atoms with Crippen molar-refractivity contribution in [1.29, 1.82) is 0 Å². The van der Waals surface area contributed by atoms with Crippen molar-refractivity contribution in [3.63, 3.8) is 0 Å². The van der Waals surface area contributed by atoms with Crippen molar-refractivity contribution in [1.82, 2.24) is 9.55 Å². The molecule has 1 atom stereocenters. The topological polar surface area (TPSA) is 98.8 Å². The van der Waals surface area contributed by atoms with E-state index in [9.17, 15) is 15.0 Å². The molecule has 0 radical (unpaired) electrons. The fourth-order valence-corrected chi connectivity index (χ4v) is 3.19. The van der Waals surface area contributed by atoms with Crippen LogP contribution in [0.15, 0.2) is 18.2 Å². The molecule has 25 heavy (non-hydrogen) atoms. The van der Waals surface area contributed by atoms with E-state index in [0.29, 0.717) is 19.5 Å². The number of rotatable bonds is 10. The minimum atomic E-state index is -0.789. The van der Waals surface area contributed by atoms with Crippen LogP contribution in [0.1, 0.15) is 37.9 Å². The maximum atomic E-state index is 10.9. The molecule has 0 saturated carbocycles. The highest BCUT2D eigenvalue weighted by Gasteiger charge is 2.19. The number of carboxylic acids is 1. The second-order valence-corrected chi connectivity index (χ2v) is 6.17. The maximum Gasteiger partial charge on any atom is 0.303 e. The fourth-order valence-electron chi connectivity index (χ4n) is 3.19. The van der Waals surface area contributed by atoms with Gasteiger partial charge in [0.15, 0.2) is 0 Å². The Kier molecular flexibility index (Phi) is 6.78. The van der Waals surface area contributed by atoms with E-state index in [1.807, 2.05) is 41.6 Å². The van der Waals surface area contributed by atoms with Gasteiger partial charge in [-0.25, -0.2) is 4.98 Å². The number of carbonyl (C=O) groups is 1. The first-order valence-electron chi connectivity index (χ1n) is 8.66. The highest BCUT2D eigenvalue weighted by atomic mass is 16.4. The minimum absolute atomic E-state index is 0.0125. The Morgan fingerprint density at radius 1 is 1.28 bits per heavy atom. The summed E-state index contributed by atoms with van der Waals surface area (Å²) in [6.45, 7) is 2.96. The molecule has 0 saturated heterocycles. The van der Waals surface area contributed by atoms with Crippen LogP contribution in [0.5, 0.6) is 0 Å². The summed E-state index contributed by atoms with van der Waals surface area (Å²) in [5.41, 5.74) is 2.73. The zero-order valence-corrected chi connectivity index (χ0v) is 14.9. The highest BCUT2D eigenvalue weighted by Crippen LogP contribution is 2.29. The predicted octanol–water partition coefficient (Wildman–Crippen LogP) is 1.72. The van der Waals surface area contributed by atoms with E-state index >= 15 is 0 Å². The van der Waals surface area contributed by atoms with Gasteiger partial charge >= 0.3 is 5.97 Å². The van der Waals surface area contributed by atoms with Gasteiger partial charge in [-0.3, -0.25) is 4.79 Å². The fraction of sp³-hybridized carbons (Fsp3) is 0.556. The SMILES string of the molecule is CCC(CCC(=O)O)c1nc2cc(N(CCO)CCO)ccc2n1C. The normalized spacial score (nSPS) is 12.5. The summed E-state index contributed by atoms with van der Waals surface area (Å²) in [7, 11) is 1.95. The van der Waals surface area contributed by atoms with Gasteiger partial charge < -0.3 is 24.8 Å². The van der Waals surface area contributed by atoms with E-state index in [2.05, 4.69) is 0 Å². The first-order valence-corrected chi connectivity index (χ1v) is 8.66. The molecule has 1 heterocycles. The molecular weight excluding hydrogens is 322 g/mol. The predicted molar refractivity (Wildman–Crippen MR) is 97.0 cm³/mol. The lowest BCUT2D eigenvalue weighted by Crippen LogP contribution is -2.29. The number of imidazole rings is 1. The lowest BCUT2D eigenvalue weighted by atomic mass is 9.99. The molecule has 2 rings (SSSR count). The number of carboxylic acid groups (broad SMARTS) is 1. The summed E-state index contributed by atoms with van der Waals surface area (Å²) in [5.74, 6) is 0.206. The number of anilines is 1. The number of fused-ring (bicyclic) bond motifs is 1. The molecule has 0 aliphatic heterocycles. The lowest BCUT2D eigenvalue weighted by Gasteiger charge is -2.22. The summed E-state index contributed by atoms with van der Waals surface area (Å²) < 4.78 is 2.03. The number of hydrogen-bond donors (Lipinski definition) is 3. The molecule has 0 bridgehead atoms.